The number of aryl methyl sites for hydroxylation is 1. The average molecular weight is 386 g/mol. The third-order valence-corrected chi connectivity index (χ3v) is 5.49. The Balaban J connectivity index is 1.74. The number of nitrogens with one attached hydrogen (secondary N) is 2. The number of benzene rings is 1. The number of hydrogen-bond acceptors (Lipinski definition) is 5. The van der Waals surface area contributed by atoms with Crippen LogP contribution in [0.5, 0.6) is 0 Å². The number of rotatable bonds is 5. The van der Waals surface area contributed by atoms with Gasteiger partial charge in [-0.25, -0.2) is 4.98 Å². The van der Waals surface area contributed by atoms with Crippen molar-refractivity contribution in [3.05, 3.63) is 45.9 Å². The number of carbonyl (C=O) groups excluding carboxylic acids is 2. The van der Waals surface area contributed by atoms with Crippen LogP contribution in [0.2, 0.25) is 0 Å². The first-order chi connectivity index (χ1) is 12.9. The van der Waals surface area contributed by atoms with Crippen LogP contribution in [0.1, 0.15) is 37.6 Å². The number of thioether (sulfide) groups is 1. The molecule has 2 heterocycles. The number of anilines is 2. The fraction of sp³-hybridized carbons (Fsp3) is 0.368. The van der Waals surface area contributed by atoms with Gasteiger partial charge in [-0.3, -0.25) is 19.0 Å². The Bertz CT molecular complexity index is 954. The molecule has 1 aromatic heterocycles. The monoisotopic (exact) mass is 386 g/mol. The summed E-state index contributed by atoms with van der Waals surface area (Å²) < 4.78 is 1.66. The van der Waals surface area contributed by atoms with Crippen molar-refractivity contribution in [2.75, 3.05) is 16.4 Å². The summed E-state index contributed by atoms with van der Waals surface area (Å²) in [5.41, 5.74) is 2.64. The summed E-state index contributed by atoms with van der Waals surface area (Å²) in [4.78, 5) is 40.9. The van der Waals surface area contributed by atoms with Gasteiger partial charge in [0.25, 0.3) is 5.56 Å². The predicted octanol–water partition coefficient (Wildman–Crippen LogP) is 2.75. The molecule has 0 radical (unpaired) electrons. The van der Waals surface area contributed by atoms with Crippen LogP contribution >= 0.6 is 11.8 Å². The fourth-order valence-electron chi connectivity index (χ4n) is 3.18. The third kappa shape index (κ3) is 4.21. The number of carbonyl (C=O) groups is 2. The number of aromatic nitrogens is 2. The summed E-state index contributed by atoms with van der Waals surface area (Å²) in [5, 5.41) is 6.20. The van der Waals surface area contributed by atoms with Gasteiger partial charge < -0.3 is 10.6 Å². The van der Waals surface area contributed by atoms with Crippen molar-refractivity contribution >= 4 is 35.0 Å². The second-order valence-corrected chi connectivity index (χ2v) is 7.45. The standard InChI is InChI=1S/C19H22N4O3S/c1-4-16-11(2)20-19-23(18(16)26)15(10-27-19)9-17(25)22-14-7-5-6-13(8-14)21-12(3)24/h5-8,15H,4,9-10H2,1-3H3,(H,21,24)(H,22,25). The zero-order chi connectivity index (χ0) is 19.6. The molecular formula is C19H22N4O3S. The van der Waals surface area contributed by atoms with Crippen LogP contribution in [-0.4, -0.2) is 27.1 Å². The smallest absolute Gasteiger partial charge is 0.257 e. The van der Waals surface area contributed by atoms with E-state index in [1.807, 2.05) is 13.8 Å². The van der Waals surface area contributed by atoms with E-state index >= 15 is 0 Å². The van der Waals surface area contributed by atoms with E-state index in [-0.39, 0.29) is 29.8 Å². The molecular weight excluding hydrogens is 364 g/mol. The predicted molar refractivity (Wildman–Crippen MR) is 106 cm³/mol. The summed E-state index contributed by atoms with van der Waals surface area (Å²) >= 11 is 1.51. The highest BCUT2D eigenvalue weighted by Crippen LogP contribution is 2.32. The molecule has 1 aliphatic heterocycles. The molecule has 1 aromatic carbocycles. The van der Waals surface area contributed by atoms with Crippen molar-refractivity contribution in [3.8, 4) is 0 Å². The molecule has 142 valence electrons. The molecule has 0 fully saturated rings. The Labute approximate surface area is 161 Å². The second kappa shape index (κ2) is 7.96. The van der Waals surface area contributed by atoms with E-state index < -0.39 is 0 Å². The van der Waals surface area contributed by atoms with Crippen molar-refractivity contribution in [3.63, 3.8) is 0 Å². The Hall–Kier alpha value is -2.61. The molecule has 1 unspecified atom stereocenters. The summed E-state index contributed by atoms with van der Waals surface area (Å²) in [5.74, 6) is 0.291. The minimum atomic E-state index is -0.213. The lowest BCUT2D eigenvalue weighted by molar-refractivity contribution is -0.117. The third-order valence-electron chi connectivity index (χ3n) is 4.39. The van der Waals surface area contributed by atoms with Crippen LogP contribution in [-0.2, 0) is 16.0 Å². The Kier molecular flexibility index (Phi) is 5.65. The van der Waals surface area contributed by atoms with Gasteiger partial charge >= 0.3 is 0 Å². The van der Waals surface area contributed by atoms with E-state index in [4.69, 9.17) is 0 Å². The topological polar surface area (TPSA) is 93.1 Å². The lowest BCUT2D eigenvalue weighted by Gasteiger charge is -2.15. The van der Waals surface area contributed by atoms with Gasteiger partial charge in [-0.15, -0.1) is 0 Å². The first kappa shape index (κ1) is 19.2. The highest BCUT2D eigenvalue weighted by molar-refractivity contribution is 7.99. The van der Waals surface area contributed by atoms with Gasteiger partial charge in [0.2, 0.25) is 11.8 Å². The molecule has 0 bridgehead atoms. The number of fused-ring (bicyclic) bond motifs is 1. The second-order valence-electron chi connectivity index (χ2n) is 6.47. The summed E-state index contributed by atoms with van der Waals surface area (Å²) in [6.07, 6.45) is 0.815. The van der Waals surface area contributed by atoms with Gasteiger partial charge in [0.15, 0.2) is 5.16 Å². The minimum absolute atomic E-state index is 0.0459. The molecule has 2 amide bonds. The van der Waals surface area contributed by atoms with Crippen LogP contribution in [0.3, 0.4) is 0 Å². The quantitative estimate of drug-likeness (QED) is 0.771. The maximum absolute atomic E-state index is 12.7. The van der Waals surface area contributed by atoms with Crippen LogP contribution in [0.15, 0.2) is 34.2 Å². The number of hydrogen-bond donors (Lipinski definition) is 2. The number of nitrogens with zero attached hydrogens (tertiary/aromatic N) is 2. The van der Waals surface area contributed by atoms with E-state index in [1.54, 1.807) is 28.8 Å². The van der Waals surface area contributed by atoms with Gasteiger partial charge in [0.05, 0.1) is 6.04 Å². The van der Waals surface area contributed by atoms with Crippen molar-refractivity contribution < 1.29 is 9.59 Å². The molecule has 1 aliphatic rings. The zero-order valence-corrected chi connectivity index (χ0v) is 16.4. The Morgan fingerprint density at radius 2 is 2.00 bits per heavy atom. The summed E-state index contributed by atoms with van der Waals surface area (Å²) in [6.45, 7) is 5.21. The molecule has 2 N–H and O–H groups in total. The molecule has 0 saturated carbocycles. The molecule has 0 aliphatic carbocycles. The molecule has 0 spiro atoms. The van der Waals surface area contributed by atoms with Crippen LogP contribution in [0, 0.1) is 6.92 Å². The Morgan fingerprint density at radius 3 is 2.67 bits per heavy atom. The molecule has 8 heteroatoms. The van der Waals surface area contributed by atoms with Gasteiger partial charge in [-0.2, -0.15) is 0 Å². The van der Waals surface area contributed by atoms with Crippen molar-refractivity contribution in [2.45, 2.75) is 44.8 Å². The van der Waals surface area contributed by atoms with E-state index in [0.29, 0.717) is 34.3 Å². The maximum atomic E-state index is 12.7. The van der Waals surface area contributed by atoms with Crippen molar-refractivity contribution in [1.82, 2.24) is 9.55 Å². The first-order valence-electron chi connectivity index (χ1n) is 8.81. The molecule has 7 nitrogen and oxygen atoms in total. The average Bonchev–Trinajstić information content (AvgIpc) is 2.97. The molecule has 1 atom stereocenters. The summed E-state index contributed by atoms with van der Waals surface area (Å²) in [7, 11) is 0. The van der Waals surface area contributed by atoms with Crippen LogP contribution < -0.4 is 16.2 Å². The largest absolute Gasteiger partial charge is 0.326 e. The molecule has 2 aromatic rings. The molecule has 0 saturated heterocycles. The zero-order valence-electron chi connectivity index (χ0n) is 15.5. The SMILES string of the molecule is CCc1c(C)nc2n(c1=O)C(CC(=O)Nc1cccc(NC(C)=O)c1)CS2. The van der Waals surface area contributed by atoms with E-state index in [0.717, 1.165) is 5.69 Å². The minimum Gasteiger partial charge on any atom is -0.326 e. The normalized spacial score (nSPS) is 15.3. The lowest BCUT2D eigenvalue weighted by Crippen LogP contribution is -2.30. The van der Waals surface area contributed by atoms with Gasteiger partial charge in [-0.05, 0) is 31.5 Å². The summed E-state index contributed by atoms with van der Waals surface area (Å²) in [6, 6.07) is 6.75. The first-order valence-corrected chi connectivity index (χ1v) is 9.80. The fourth-order valence-corrected chi connectivity index (χ4v) is 4.36. The molecule has 27 heavy (non-hydrogen) atoms. The maximum Gasteiger partial charge on any atom is 0.257 e. The van der Waals surface area contributed by atoms with Gasteiger partial charge in [-0.1, -0.05) is 24.8 Å². The van der Waals surface area contributed by atoms with E-state index in [9.17, 15) is 14.4 Å². The van der Waals surface area contributed by atoms with Crippen molar-refractivity contribution in [2.24, 2.45) is 0 Å². The van der Waals surface area contributed by atoms with Crippen molar-refractivity contribution in [1.29, 1.82) is 0 Å². The van der Waals surface area contributed by atoms with Crippen LogP contribution in [0.25, 0.3) is 0 Å². The number of amides is 2. The highest BCUT2D eigenvalue weighted by atomic mass is 32.2. The van der Waals surface area contributed by atoms with Crippen LogP contribution in [0.4, 0.5) is 11.4 Å². The van der Waals surface area contributed by atoms with Gasteiger partial charge in [0, 0.05) is 41.7 Å². The van der Waals surface area contributed by atoms with E-state index in [2.05, 4.69) is 15.6 Å². The Morgan fingerprint density at radius 1 is 1.30 bits per heavy atom. The lowest BCUT2D eigenvalue weighted by atomic mass is 10.1. The van der Waals surface area contributed by atoms with E-state index in [1.165, 1.54) is 18.7 Å². The highest BCUT2D eigenvalue weighted by Gasteiger charge is 2.29. The van der Waals surface area contributed by atoms with Gasteiger partial charge in [0.1, 0.15) is 0 Å². The molecule has 3 rings (SSSR count).